The summed E-state index contributed by atoms with van der Waals surface area (Å²) in [5.41, 5.74) is 3.95. The van der Waals surface area contributed by atoms with E-state index in [4.69, 9.17) is 9.84 Å². The summed E-state index contributed by atoms with van der Waals surface area (Å²) in [6.07, 6.45) is 7.11. The van der Waals surface area contributed by atoms with Gasteiger partial charge in [-0.2, -0.15) is 0 Å². The molecule has 2 aliphatic carbocycles. The number of carbonyl (C=O) groups is 1. The van der Waals surface area contributed by atoms with Crippen LogP contribution in [0, 0.1) is 6.92 Å². The first-order valence-corrected chi connectivity index (χ1v) is 16.3. The normalized spacial score (nSPS) is 20.9. The fourth-order valence-corrected chi connectivity index (χ4v) is 6.49. The van der Waals surface area contributed by atoms with Gasteiger partial charge in [0.05, 0.1) is 24.3 Å². The van der Waals surface area contributed by atoms with Crippen molar-refractivity contribution in [3.05, 3.63) is 92.8 Å². The van der Waals surface area contributed by atoms with Crippen molar-refractivity contribution in [1.29, 1.82) is 0 Å². The van der Waals surface area contributed by atoms with Crippen LogP contribution in [0.1, 0.15) is 55.7 Å². The molecule has 3 fully saturated rings. The molecule has 4 aromatic rings. The zero-order valence-corrected chi connectivity index (χ0v) is 26.7. The Kier molecular flexibility index (Phi) is 9.60. The Labute approximate surface area is 268 Å². The minimum absolute atomic E-state index is 0.127. The lowest BCUT2D eigenvalue weighted by molar-refractivity contribution is -0.116. The Balaban J connectivity index is 0.000000557. The second-order valence-corrected chi connectivity index (χ2v) is 12.8. The number of benzene rings is 2. The maximum atomic E-state index is 14.2. The number of nitrogens with zero attached hydrogens (tertiary/aromatic N) is 4. The second-order valence-electron chi connectivity index (χ2n) is 12.8. The molecule has 0 bridgehead atoms. The van der Waals surface area contributed by atoms with Crippen LogP contribution in [0.5, 0.6) is 0 Å². The first-order valence-electron chi connectivity index (χ1n) is 16.3. The lowest BCUT2D eigenvalue weighted by Gasteiger charge is -2.29. The fourth-order valence-electron chi connectivity index (χ4n) is 6.49. The monoisotopic (exact) mass is 625 g/mol. The van der Waals surface area contributed by atoms with Gasteiger partial charge < -0.3 is 20.0 Å². The zero-order valence-electron chi connectivity index (χ0n) is 26.7. The molecule has 0 radical (unpaired) electrons. The number of hydrogen-bond acceptors (Lipinski definition) is 8. The molecule has 1 saturated heterocycles. The lowest BCUT2D eigenvalue weighted by Crippen LogP contribution is -2.44. The molecule has 7 rings (SSSR count). The van der Waals surface area contributed by atoms with E-state index in [-0.39, 0.29) is 17.3 Å². The molecule has 10 heteroatoms. The van der Waals surface area contributed by atoms with Gasteiger partial charge in [-0.15, -0.1) is 0 Å². The molecular formula is C36H43N5O5. The summed E-state index contributed by atoms with van der Waals surface area (Å²) in [4.78, 5) is 44.6. The largest absolute Gasteiger partial charge is 0.382 e. The predicted molar refractivity (Wildman–Crippen MR) is 178 cm³/mol. The molecule has 3 heterocycles. The summed E-state index contributed by atoms with van der Waals surface area (Å²) in [5, 5.41) is 12.4. The third-order valence-corrected chi connectivity index (χ3v) is 9.44. The zero-order chi connectivity index (χ0) is 32.3. The number of nitrogens with one attached hydrogen (secondary N) is 1. The summed E-state index contributed by atoms with van der Waals surface area (Å²) >= 11 is 0. The van der Waals surface area contributed by atoms with Gasteiger partial charge in [-0.05, 0) is 92.9 Å². The number of pyridine rings is 1. The Bertz CT molecular complexity index is 1810. The summed E-state index contributed by atoms with van der Waals surface area (Å²) in [5.74, 6) is 0. The van der Waals surface area contributed by atoms with Gasteiger partial charge in [0.2, 0.25) is 0 Å². The minimum atomic E-state index is -0.889. The maximum Gasteiger partial charge on any atom is 0.337 e. The molecule has 242 valence electrons. The highest BCUT2D eigenvalue weighted by Gasteiger charge is 2.39. The second kappa shape index (κ2) is 13.8. The summed E-state index contributed by atoms with van der Waals surface area (Å²) in [7, 11) is 1.97. The highest BCUT2D eigenvalue weighted by Crippen LogP contribution is 2.32. The number of fused-ring (bicyclic) bond motifs is 1. The van der Waals surface area contributed by atoms with Crippen LogP contribution in [0.4, 0.5) is 0 Å². The average Bonchev–Trinajstić information content (AvgIpc) is 3.84. The smallest absolute Gasteiger partial charge is 0.337 e. The number of aromatic nitrogens is 3. The molecule has 1 aliphatic heterocycles. The van der Waals surface area contributed by atoms with E-state index in [2.05, 4.69) is 45.5 Å². The summed E-state index contributed by atoms with van der Waals surface area (Å²) in [6, 6.07) is 18.6. The number of morpholine rings is 1. The van der Waals surface area contributed by atoms with Gasteiger partial charge in [-0.1, -0.05) is 36.4 Å². The molecule has 46 heavy (non-hydrogen) atoms. The number of hydrogen-bond donors (Lipinski definition) is 2. The van der Waals surface area contributed by atoms with Crippen molar-refractivity contribution < 1.29 is 14.6 Å². The van der Waals surface area contributed by atoms with Crippen molar-refractivity contribution in [2.75, 3.05) is 33.4 Å². The van der Waals surface area contributed by atoms with Gasteiger partial charge in [0, 0.05) is 37.9 Å². The predicted octanol–water partition coefficient (Wildman–Crippen LogP) is 3.77. The van der Waals surface area contributed by atoms with Crippen molar-refractivity contribution in [3.63, 3.8) is 0 Å². The van der Waals surface area contributed by atoms with Gasteiger partial charge in [-0.3, -0.25) is 14.3 Å². The van der Waals surface area contributed by atoms with Crippen LogP contribution >= 0.6 is 0 Å². The van der Waals surface area contributed by atoms with Gasteiger partial charge in [0.25, 0.3) is 5.56 Å². The highest BCUT2D eigenvalue weighted by molar-refractivity contribution is 5.77. The van der Waals surface area contributed by atoms with Crippen molar-refractivity contribution in [2.24, 2.45) is 0 Å². The molecular weight excluding hydrogens is 582 g/mol. The van der Waals surface area contributed by atoms with E-state index in [0.717, 1.165) is 75.2 Å². The number of rotatable bonds is 7. The van der Waals surface area contributed by atoms with Crippen LogP contribution < -0.4 is 16.6 Å². The Hall–Kier alpha value is -3.96. The summed E-state index contributed by atoms with van der Waals surface area (Å²) < 4.78 is 8.66. The van der Waals surface area contributed by atoms with E-state index in [0.29, 0.717) is 41.9 Å². The topological polar surface area (TPSA) is 119 Å². The molecule has 10 nitrogen and oxygen atoms in total. The first kappa shape index (κ1) is 32.0. The molecule has 2 aromatic heterocycles. The Morgan fingerprint density at radius 3 is 2.43 bits per heavy atom. The van der Waals surface area contributed by atoms with E-state index in [9.17, 15) is 14.4 Å². The van der Waals surface area contributed by atoms with Crippen LogP contribution in [0.2, 0.25) is 0 Å². The van der Waals surface area contributed by atoms with Gasteiger partial charge in [0.1, 0.15) is 5.60 Å². The molecule has 2 N–H and O–H groups in total. The lowest BCUT2D eigenvalue weighted by atomic mass is 9.91. The van der Waals surface area contributed by atoms with Gasteiger partial charge in [-0.25, -0.2) is 14.3 Å². The molecule has 0 atom stereocenters. The van der Waals surface area contributed by atoms with Crippen molar-refractivity contribution in [3.8, 4) is 16.8 Å². The van der Waals surface area contributed by atoms with Crippen LogP contribution in [-0.2, 0) is 16.1 Å². The molecule has 2 saturated carbocycles. The van der Waals surface area contributed by atoms with Crippen molar-refractivity contribution in [1.82, 2.24) is 24.3 Å². The van der Waals surface area contributed by atoms with Crippen molar-refractivity contribution >= 4 is 17.3 Å². The number of ether oxygens (including phenoxy) is 1. The molecule has 0 spiro atoms. The highest BCUT2D eigenvalue weighted by atomic mass is 16.5. The van der Waals surface area contributed by atoms with Crippen LogP contribution in [0.15, 0.2) is 70.4 Å². The minimum Gasteiger partial charge on any atom is -0.382 e. The molecule has 3 aliphatic rings. The Morgan fingerprint density at radius 1 is 1.02 bits per heavy atom. The quantitative estimate of drug-likeness (QED) is 0.298. The first-order chi connectivity index (χ1) is 22.3. The fraction of sp³-hybridized carbons (Fsp3) is 0.444. The van der Waals surface area contributed by atoms with E-state index in [1.165, 1.54) is 10.1 Å². The van der Waals surface area contributed by atoms with E-state index < -0.39 is 5.60 Å². The van der Waals surface area contributed by atoms with Crippen LogP contribution in [0.3, 0.4) is 0 Å². The van der Waals surface area contributed by atoms with Gasteiger partial charge >= 0.3 is 5.69 Å². The third kappa shape index (κ3) is 6.90. The maximum absolute atomic E-state index is 14.2. The van der Waals surface area contributed by atoms with E-state index >= 15 is 0 Å². The SMILES string of the molecule is CNC1CCC(n2c(=O)c3cc(C)cnc3n(-c3cccc(-c4ccccc4CN4CCOCC4)c3)c2=O)CC1.O=CC1(O)CC1. The molecule has 0 unspecified atom stereocenters. The van der Waals surface area contributed by atoms with E-state index in [1.807, 2.05) is 38.2 Å². The number of carbonyl (C=O) groups excluding carboxylic acids is 1. The standard InChI is InChI=1S/C32H37N5O3.C4H6O2/c1-22-18-29-30(34-20-22)36(32(39)37(31(29)38)26-12-10-25(33-2)11-13-26)27-8-5-7-23(19-27)28-9-4-3-6-24(28)21-35-14-16-40-17-15-35;5-3-4(6)1-2-4/h3-9,18-20,25-26,33H,10-17,21H2,1-2H3;3,6H,1-2H2. The number of aliphatic hydroxyl groups is 1. The summed E-state index contributed by atoms with van der Waals surface area (Å²) in [6.45, 7) is 6.11. The van der Waals surface area contributed by atoms with Gasteiger partial charge in [0.15, 0.2) is 11.9 Å². The van der Waals surface area contributed by atoms with Crippen molar-refractivity contribution in [2.45, 2.75) is 69.7 Å². The molecule has 2 aromatic carbocycles. The van der Waals surface area contributed by atoms with Crippen LogP contribution in [0.25, 0.3) is 27.8 Å². The number of aldehydes is 1. The average molecular weight is 626 g/mol. The number of aryl methyl sites for hydroxylation is 1. The Morgan fingerprint density at radius 2 is 1.76 bits per heavy atom. The van der Waals surface area contributed by atoms with Crippen LogP contribution in [-0.4, -0.2) is 75.4 Å². The third-order valence-electron chi connectivity index (χ3n) is 9.44. The molecule has 0 amide bonds. The van der Waals surface area contributed by atoms with E-state index in [1.54, 1.807) is 10.8 Å².